The molecule has 2 heterocycles. The monoisotopic (exact) mass is 277 g/mol. The fourth-order valence-electron chi connectivity index (χ4n) is 2.37. The highest BCUT2D eigenvalue weighted by Gasteiger charge is 2.15. The van der Waals surface area contributed by atoms with E-state index in [-0.39, 0.29) is 5.91 Å². The van der Waals surface area contributed by atoms with Gasteiger partial charge in [0.25, 0.3) is 0 Å². The third-order valence-corrected chi connectivity index (χ3v) is 3.54. The van der Waals surface area contributed by atoms with Gasteiger partial charge in [0.05, 0.1) is 6.54 Å². The van der Waals surface area contributed by atoms with E-state index in [0.717, 1.165) is 39.1 Å². The Balaban J connectivity index is 1.65. The Labute approximate surface area is 120 Å². The molecule has 1 aliphatic heterocycles. The van der Waals surface area contributed by atoms with Crippen LogP contribution in [0.5, 0.6) is 0 Å². The molecule has 5 heteroatoms. The molecule has 5 nitrogen and oxygen atoms in total. The second-order valence-electron chi connectivity index (χ2n) is 5.39. The van der Waals surface area contributed by atoms with Gasteiger partial charge >= 0.3 is 0 Å². The molecule has 2 rings (SSSR count). The maximum absolute atomic E-state index is 11.9. The lowest BCUT2D eigenvalue weighted by molar-refractivity contribution is -0.122. The highest BCUT2D eigenvalue weighted by molar-refractivity contribution is 5.77. The van der Waals surface area contributed by atoms with E-state index in [1.165, 1.54) is 5.56 Å². The molecule has 0 aromatic carbocycles. The highest BCUT2D eigenvalue weighted by atomic mass is 16.5. The Morgan fingerprint density at radius 3 is 2.80 bits per heavy atom. The summed E-state index contributed by atoms with van der Waals surface area (Å²) in [7, 11) is 1.95. The zero-order valence-corrected chi connectivity index (χ0v) is 12.0. The Morgan fingerprint density at radius 1 is 1.40 bits per heavy atom. The molecule has 0 radical (unpaired) electrons. The van der Waals surface area contributed by atoms with Gasteiger partial charge in [-0.05, 0) is 43.5 Å². The van der Waals surface area contributed by atoms with E-state index in [1.807, 2.05) is 24.1 Å². The van der Waals surface area contributed by atoms with Gasteiger partial charge in [-0.15, -0.1) is 0 Å². The van der Waals surface area contributed by atoms with E-state index < -0.39 is 0 Å². The zero-order chi connectivity index (χ0) is 14.2. The number of likely N-dealkylation sites (N-methyl/N-ethyl adjacent to an activating group) is 1. The molecule has 1 saturated heterocycles. The second kappa shape index (κ2) is 7.97. The van der Waals surface area contributed by atoms with Crippen LogP contribution < -0.4 is 5.32 Å². The molecule has 1 aromatic heterocycles. The highest BCUT2D eigenvalue weighted by Crippen LogP contribution is 2.13. The van der Waals surface area contributed by atoms with Crippen molar-refractivity contribution >= 4 is 5.91 Å². The second-order valence-corrected chi connectivity index (χ2v) is 5.39. The molecule has 0 bridgehead atoms. The van der Waals surface area contributed by atoms with Crippen LogP contribution in [-0.4, -0.2) is 49.1 Å². The predicted molar refractivity (Wildman–Crippen MR) is 77.1 cm³/mol. The van der Waals surface area contributed by atoms with Gasteiger partial charge in [0.1, 0.15) is 0 Å². The molecular weight excluding hydrogens is 254 g/mol. The standard InChI is InChI=1S/C15H23N3O2/c1-18(11-14-2-6-16-7-3-14)12-15(19)17-10-13-4-8-20-9-5-13/h2-3,6-7,13H,4-5,8-12H2,1H3,(H,17,19). The molecule has 1 aliphatic rings. The van der Waals surface area contributed by atoms with Crippen molar-refractivity contribution in [3.05, 3.63) is 30.1 Å². The molecule has 1 aromatic rings. The number of amides is 1. The average Bonchev–Trinajstić information content (AvgIpc) is 2.47. The quantitative estimate of drug-likeness (QED) is 0.844. The van der Waals surface area contributed by atoms with Crippen molar-refractivity contribution in [3.63, 3.8) is 0 Å². The van der Waals surface area contributed by atoms with Crippen LogP contribution in [0.1, 0.15) is 18.4 Å². The molecule has 0 atom stereocenters. The zero-order valence-electron chi connectivity index (χ0n) is 12.0. The van der Waals surface area contributed by atoms with E-state index in [9.17, 15) is 4.79 Å². The van der Waals surface area contributed by atoms with Gasteiger partial charge in [-0.3, -0.25) is 14.7 Å². The van der Waals surface area contributed by atoms with E-state index >= 15 is 0 Å². The molecule has 1 N–H and O–H groups in total. The third kappa shape index (κ3) is 5.27. The smallest absolute Gasteiger partial charge is 0.234 e. The predicted octanol–water partition coefficient (Wildman–Crippen LogP) is 1.06. The van der Waals surface area contributed by atoms with Crippen LogP contribution >= 0.6 is 0 Å². The SMILES string of the molecule is CN(CC(=O)NCC1CCOCC1)Cc1ccncc1. The van der Waals surface area contributed by atoms with Gasteiger partial charge in [-0.25, -0.2) is 0 Å². The minimum atomic E-state index is 0.0908. The molecule has 0 spiro atoms. The summed E-state index contributed by atoms with van der Waals surface area (Å²) in [6, 6.07) is 3.94. The fraction of sp³-hybridized carbons (Fsp3) is 0.600. The van der Waals surface area contributed by atoms with Crippen molar-refractivity contribution in [3.8, 4) is 0 Å². The van der Waals surface area contributed by atoms with Crippen LogP contribution in [0.2, 0.25) is 0 Å². The molecule has 1 amide bonds. The fourth-order valence-corrected chi connectivity index (χ4v) is 2.37. The maximum Gasteiger partial charge on any atom is 0.234 e. The van der Waals surface area contributed by atoms with Gasteiger partial charge in [0, 0.05) is 38.7 Å². The summed E-state index contributed by atoms with van der Waals surface area (Å²) >= 11 is 0. The lowest BCUT2D eigenvalue weighted by atomic mass is 10.0. The first-order valence-electron chi connectivity index (χ1n) is 7.16. The number of hydrogen-bond acceptors (Lipinski definition) is 4. The van der Waals surface area contributed by atoms with Crippen LogP contribution in [0, 0.1) is 5.92 Å². The lowest BCUT2D eigenvalue weighted by Crippen LogP contribution is -2.38. The summed E-state index contributed by atoms with van der Waals surface area (Å²) in [5, 5.41) is 3.02. The minimum absolute atomic E-state index is 0.0908. The van der Waals surface area contributed by atoms with E-state index in [0.29, 0.717) is 12.5 Å². The topological polar surface area (TPSA) is 54.5 Å². The average molecular weight is 277 g/mol. The Bertz CT molecular complexity index is 405. The van der Waals surface area contributed by atoms with E-state index in [4.69, 9.17) is 4.74 Å². The van der Waals surface area contributed by atoms with Gasteiger partial charge in [0.2, 0.25) is 5.91 Å². The molecule has 20 heavy (non-hydrogen) atoms. The first kappa shape index (κ1) is 14.9. The van der Waals surface area contributed by atoms with Gasteiger partial charge < -0.3 is 10.1 Å². The summed E-state index contributed by atoms with van der Waals surface area (Å²) < 4.78 is 5.31. The number of hydrogen-bond donors (Lipinski definition) is 1. The molecule has 0 saturated carbocycles. The van der Waals surface area contributed by atoms with Gasteiger partial charge in [-0.2, -0.15) is 0 Å². The van der Waals surface area contributed by atoms with Crippen molar-refractivity contribution in [1.29, 1.82) is 0 Å². The Hall–Kier alpha value is -1.46. The number of ether oxygens (including phenoxy) is 1. The van der Waals surface area contributed by atoms with Crippen molar-refractivity contribution < 1.29 is 9.53 Å². The first-order chi connectivity index (χ1) is 9.74. The third-order valence-electron chi connectivity index (χ3n) is 3.54. The molecule has 0 aliphatic carbocycles. The van der Waals surface area contributed by atoms with Crippen molar-refractivity contribution in [1.82, 2.24) is 15.2 Å². The van der Waals surface area contributed by atoms with Crippen molar-refractivity contribution in [2.75, 3.05) is 33.4 Å². The molecule has 0 unspecified atom stereocenters. The number of carbonyl (C=O) groups excluding carboxylic acids is 1. The molecule has 1 fully saturated rings. The van der Waals surface area contributed by atoms with E-state index in [1.54, 1.807) is 12.4 Å². The van der Waals surface area contributed by atoms with Crippen LogP contribution in [-0.2, 0) is 16.1 Å². The summed E-state index contributed by atoms with van der Waals surface area (Å²) in [6.07, 6.45) is 5.64. The summed E-state index contributed by atoms with van der Waals surface area (Å²) in [4.78, 5) is 17.9. The molecule has 110 valence electrons. The molecular formula is C15H23N3O2. The van der Waals surface area contributed by atoms with Crippen LogP contribution in [0.15, 0.2) is 24.5 Å². The normalized spacial score (nSPS) is 16.3. The number of carbonyl (C=O) groups is 1. The van der Waals surface area contributed by atoms with Crippen LogP contribution in [0.4, 0.5) is 0 Å². The summed E-state index contributed by atoms with van der Waals surface area (Å²) in [5.41, 5.74) is 1.17. The summed E-state index contributed by atoms with van der Waals surface area (Å²) in [6.45, 7) is 3.59. The summed E-state index contributed by atoms with van der Waals surface area (Å²) in [5.74, 6) is 0.659. The Kier molecular flexibility index (Phi) is 5.95. The number of nitrogens with zero attached hydrogens (tertiary/aromatic N) is 2. The van der Waals surface area contributed by atoms with Gasteiger partial charge in [0.15, 0.2) is 0 Å². The van der Waals surface area contributed by atoms with Crippen molar-refractivity contribution in [2.24, 2.45) is 5.92 Å². The number of pyridine rings is 1. The van der Waals surface area contributed by atoms with Crippen LogP contribution in [0.25, 0.3) is 0 Å². The number of rotatable bonds is 6. The first-order valence-corrected chi connectivity index (χ1v) is 7.16. The minimum Gasteiger partial charge on any atom is -0.381 e. The number of nitrogens with one attached hydrogen (secondary N) is 1. The lowest BCUT2D eigenvalue weighted by Gasteiger charge is -2.23. The van der Waals surface area contributed by atoms with Crippen molar-refractivity contribution in [2.45, 2.75) is 19.4 Å². The maximum atomic E-state index is 11.9. The van der Waals surface area contributed by atoms with Gasteiger partial charge in [-0.1, -0.05) is 0 Å². The largest absolute Gasteiger partial charge is 0.381 e. The Morgan fingerprint density at radius 2 is 2.10 bits per heavy atom. The van der Waals surface area contributed by atoms with E-state index in [2.05, 4.69) is 10.3 Å². The number of aromatic nitrogens is 1. The van der Waals surface area contributed by atoms with Crippen LogP contribution in [0.3, 0.4) is 0 Å².